The summed E-state index contributed by atoms with van der Waals surface area (Å²) in [5, 5.41) is 8.15. The molecule has 3 nitrogen and oxygen atoms in total. The van der Waals surface area contributed by atoms with Gasteiger partial charge in [0.2, 0.25) is 0 Å². The summed E-state index contributed by atoms with van der Waals surface area (Å²) in [6, 6.07) is 0. The van der Waals surface area contributed by atoms with Gasteiger partial charge in [-0.3, -0.25) is 9.53 Å². The van der Waals surface area contributed by atoms with E-state index in [1.807, 2.05) is 0 Å². The van der Waals surface area contributed by atoms with Crippen LogP contribution in [0.3, 0.4) is 0 Å². The molecule has 0 amide bonds. The third-order valence-electron chi connectivity index (χ3n) is 4.02. The van der Waals surface area contributed by atoms with Gasteiger partial charge >= 0.3 is 59.9 Å². The molecular weight excluding hydrogens is 565 g/mol. The smallest absolute Gasteiger partial charge is 0.437 e. The van der Waals surface area contributed by atoms with Crippen molar-refractivity contribution < 1.29 is 98.1 Å². The molecule has 0 heterocycles. The van der Waals surface area contributed by atoms with Crippen LogP contribution in [0.5, 0.6) is 0 Å². The highest BCUT2D eigenvalue weighted by Crippen LogP contribution is 2.66. The summed E-state index contributed by atoms with van der Waals surface area (Å²) in [7, 11) is 0. The van der Waals surface area contributed by atoms with Crippen LogP contribution >= 0.6 is 0 Å². The Morgan fingerprint density at radius 3 is 1.09 bits per heavy atom. The van der Waals surface area contributed by atoms with E-state index in [0.29, 0.717) is 0 Å². The van der Waals surface area contributed by atoms with E-state index in [4.69, 9.17) is 5.11 Å². The molecule has 35 heavy (non-hydrogen) atoms. The van der Waals surface area contributed by atoms with E-state index in [0.717, 1.165) is 0 Å². The van der Waals surface area contributed by atoms with Crippen LogP contribution in [0.2, 0.25) is 0 Å². The number of ether oxygens (including phenoxy) is 1. The fraction of sp³-hybridized carbons (Fsp3) is 0.923. The number of alkyl halides is 19. The fourth-order valence-corrected chi connectivity index (χ4v) is 2.29. The van der Waals surface area contributed by atoms with Crippen molar-refractivity contribution in [3.8, 4) is 0 Å². The van der Waals surface area contributed by atoms with Crippen molar-refractivity contribution in [3.63, 3.8) is 0 Å². The third-order valence-corrected chi connectivity index (χ3v) is 4.02. The number of carboxylic acid groups (broad SMARTS) is 1. The number of carboxylic acids is 1. The van der Waals surface area contributed by atoms with Gasteiger partial charge in [0.05, 0.1) is 0 Å². The molecule has 0 aromatic carbocycles. The minimum Gasteiger partial charge on any atom is -0.481 e. The molecule has 0 saturated carbocycles. The van der Waals surface area contributed by atoms with Crippen LogP contribution < -0.4 is 0 Å². The second-order valence-electron chi connectivity index (χ2n) is 6.47. The van der Waals surface area contributed by atoms with Gasteiger partial charge in [-0.2, -0.15) is 70.2 Å². The Morgan fingerprint density at radius 2 is 0.857 bits per heavy atom. The topological polar surface area (TPSA) is 46.5 Å². The largest absolute Gasteiger partial charge is 0.481 e. The lowest BCUT2D eigenvalue weighted by atomic mass is 9.80. The van der Waals surface area contributed by atoms with Crippen LogP contribution in [0.1, 0.15) is 19.3 Å². The lowest BCUT2D eigenvalue weighted by Gasteiger charge is -2.49. The highest BCUT2D eigenvalue weighted by Gasteiger charge is 2.99. The first-order chi connectivity index (χ1) is 14.9. The SMILES string of the molecule is O=C(O)CCCC(F)(F)C(F)(F)OC(F)(C(F)(C(F)(F)F)C(F)(F)F)C(F)(C(F)(F)F)C(F)(F)F. The van der Waals surface area contributed by atoms with Gasteiger partial charge in [-0.05, 0) is 6.42 Å². The minimum absolute atomic E-state index is 1.36. The molecular formula is C13H7F19O3. The van der Waals surface area contributed by atoms with Crippen molar-refractivity contribution in [1.82, 2.24) is 0 Å². The molecule has 0 aliphatic heterocycles. The summed E-state index contributed by atoms with van der Waals surface area (Å²) in [5.74, 6) is -17.8. The molecule has 1 N–H and O–H groups in total. The second-order valence-corrected chi connectivity index (χ2v) is 6.47. The van der Waals surface area contributed by atoms with E-state index >= 15 is 0 Å². The summed E-state index contributed by atoms with van der Waals surface area (Å²) < 4.78 is 251. The Balaban J connectivity index is 7.50. The van der Waals surface area contributed by atoms with Crippen LogP contribution in [-0.2, 0) is 9.53 Å². The maximum atomic E-state index is 14.6. The molecule has 0 aromatic heterocycles. The predicted molar refractivity (Wildman–Crippen MR) is 68.2 cm³/mol. The maximum absolute atomic E-state index is 14.6. The first-order valence-corrected chi connectivity index (χ1v) is 7.88. The number of carbonyl (C=O) groups is 1. The summed E-state index contributed by atoms with van der Waals surface area (Å²) in [6.07, 6.45) is -48.0. The van der Waals surface area contributed by atoms with Gasteiger partial charge in [0.15, 0.2) is 0 Å². The monoisotopic (exact) mass is 572 g/mol. The number of rotatable bonds is 9. The molecule has 0 aromatic rings. The number of aliphatic carboxylic acids is 1. The first kappa shape index (κ1) is 33.1. The van der Waals surface area contributed by atoms with E-state index in [1.54, 1.807) is 0 Å². The third kappa shape index (κ3) is 5.30. The average Bonchev–Trinajstić information content (AvgIpc) is 2.54. The maximum Gasteiger partial charge on any atom is 0.437 e. The lowest BCUT2D eigenvalue weighted by molar-refractivity contribution is -0.532. The van der Waals surface area contributed by atoms with Gasteiger partial charge in [0.1, 0.15) is 0 Å². The van der Waals surface area contributed by atoms with E-state index < -0.39 is 79.2 Å². The summed E-state index contributed by atoms with van der Waals surface area (Å²) >= 11 is 0. The second kappa shape index (κ2) is 8.89. The number of halogens is 19. The van der Waals surface area contributed by atoms with Crippen molar-refractivity contribution in [2.24, 2.45) is 0 Å². The summed E-state index contributed by atoms with van der Waals surface area (Å²) in [6.45, 7) is 0. The van der Waals surface area contributed by atoms with Crippen molar-refractivity contribution in [3.05, 3.63) is 0 Å². The van der Waals surface area contributed by atoms with Crippen LogP contribution in [0.15, 0.2) is 0 Å². The van der Waals surface area contributed by atoms with Gasteiger partial charge in [0.25, 0.3) is 0 Å². The Morgan fingerprint density at radius 1 is 0.571 bits per heavy atom. The zero-order valence-electron chi connectivity index (χ0n) is 15.6. The minimum atomic E-state index is -9.10. The molecule has 0 unspecified atom stereocenters. The van der Waals surface area contributed by atoms with Gasteiger partial charge in [-0.1, -0.05) is 0 Å². The van der Waals surface area contributed by atoms with Crippen molar-refractivity contribution >= 4 is 5.97 Å². The van der Waals surface area contributed by atoms with Gasteiger partial charge in [0, 0.05) is 12.8 Å². The van der Waals surface area contributed by atoms with E-state index in [1.165, 1.54) is 4.74 Å². The molecule has 0 atom stereocenters. The summed E-state index contributed by atoms with van der Waals surface area (Å²) in [4.78, 5) is 10.1. The molecule has 0 aliphatic rings. The molecule has 210 valence electrons. The normalized spacial score (nSPS) is 16.0. The molecule has 0 spiro atoms. The molecule has 0 bridgehead atoms. The van der Waals surface area contributed by atoms with Gasteiger partial charge in [-0.15, -0.1) is 0 Å². The Kier molecular flexibility index (Phi) is 8.41. The fourth-order valence-electron chi connectivity index (χ4n) is 2.29. The average molecular weight is 572 g/mol. The van der Waals surface area contributed by atoms with Crippen molar-refractivity contribution in [2.75, 3.05) is 0 Å². The molecule has 0 fully saturated rings. The van der Waals surface area contributed by atoms with Crippen LogP contribution in [0.25, 0.3) is 0 Å². The quantitative estimate of drug-likeness (QED) is 0.309. The Labute approximate surface area is 178 Å². The highest BCUT2D eigenvalue weighted by molar-refractivity contribution is 5.66. The van der Waals surface area contributed by atoms with Crippen molar-refractivity contribution in [2.45, 2.75) is 73.2 Å². The van der Waals surface area contributed by atoms with E-state index in [2.05, 4.69) is 0 Å². The molecule has 0 rings (SSSR count). The van der Waals surface area contributed by atoms with Crippen LogP contribution in [-0.4, -0.2) is 65.0 Å². The Hall–Kier alpha value is -1.90. The predicted octanol–water partition coefficient (Wildman–Crippen LogP) is 6.82. The highest BCUT2D eigenvalue weighted by atomic mass is 19.4. The van der Waals surface area contributed by atoms with Gasteiger partial charge < -0.3 is 5.11 Å². The zero-order chi connectivity index (χ0) is 28.9. The summed E-state index contributed by atoms with van der Waals surface area (Å²) in [5.41, 5.74) is -18.0. The van der Waals surface area contributed by atoms with Gasteiger partial charge in [-0.25, -0.2) is 13.2 Å². The van der Waals surface area contributed by atoms with Crippen LogP contribution in [0.4, 0.5) is 83.4 Å². The first-order valence-electron chi connectivity index (χ1n) is 7.88. The number of hydrogen-bond acceptors (Lipinski definition) is 2. The van der Waals surface area contributed by atoms with Crippen LogP contribution in [0, 0.1) is 0 Å². The molecule has 0 saturated heterocycles. The standard InChI is InChI=1S/C13H7F19O3/c14-5(15,3-1-2-4(33)34)13(31,32)35-8(18,6(16,9(19,20)21)10(22,23)24)7(17,11(25,26)27)12(28,29)30/h1-3H2,(H,33,34). The number of hydrogen-bond donors (Lipinski definition) is 1. The molecule has 0 radical (unpaired) electrons. The van der Waals surface area contributed by atoms with E-state index in [9.17, 15) is 88.2 Å². The Bertz CT molecular complexity index is 692. The van der Waals surface area contributed by atoms with Crippen molar-refractivity contribution in [1.29, 1.82) is 0 Å². The zero-order valence-corrected chi connectivity index (χ0v) is 15.6. The molecule has 22 heteroatoms. The lowest BCUT2D eigenvalue weighted by Crippen LogP contribution is -2.81. The van der Waals surface area contributed by atoms with E-state index in [-0.39, 0.29) is 0 Å². The molecule has 0 aliphatic carbocycles.